The van der Waals surface area contributed by atoms with Crippen LogP contribution in [0.2, 0.25) is 0 Å². The first-order chi connectivity index (χ1) is 9.20. The first kappa shape index (κ1) is 14.8. The van der Waals surface area contributed by atoms with Gasteiger partial charge in [0, 0.05) is 26.2 Å². The summed E-state index contributed by atoms with van der Waals surface area (Å²) in [5, 5.41) is 3.51. The van der Waals surface area contributed by atoms with Crippen molar-refractivity contribution in [2.24, 2.45) is 0 Å². The summed E-state index contributed by atoms with van der Waals surface area (Å²) < 4.78 is 5.38. The number of nitrogens with one attached hydrogen (secondary N) is 1. The molecule has 1 unspecified atom stereocenters. The molecule has 0 aromatic carbocycles. The van der Waals surface area contributed by atoms with E-state index in [4.69, 9.17) is 4.74 Å². The minimum Gasteiger partial charge on any atom is -0.381 e. The molecule has 1 saturated carbocycles. The van der Waals surface area contributed by atoms with Gasteiger partial charge in [-0.25, -0.2) is 0 Å². The summed E-state index contributed by atoms with van der Waals surface area (Å²) in [4.78, 5) is 14.4. The molecule has 0 spiro atoms. The summed E-state index contributed by atoms with van der Waals surface area (Å²) in [5.74, 6) is 0.286. The number of hydrogen-bond acceptors (Lipinski definition) is 3. The number of methoxy groups -OCH3 is 1. The Balaban J connectivity index is 1.74. The molecule has 19 heavy (non-hydrogen) atoms. The average Bonchev–Trinajstić information content (AvgIpc) is 2.48. The number of amides is 1. The molecule has 0 bridgehead atoms. The number of hydrogen-bond donors (Lipinski definition) is 1. The van der Waals surface area contributed by atoms with Crippen molar-refractivity contribution in [3.05, 3.63) is 0 Å². The van der Waals surface area contributed by atoms with Crippen molar-refractivity contribution in [2.75, 3.05) is 20.2 Å². The molecule has 1 saturated heterocycles. The van der Waals surface area contributed by atoms with Crippen LogP contribution in [0.3, 0.4) is 0 Å². The smallest absolute Gasteiger partial charge is 0.239 e. The third-order valence-electron chi connectivity index (χ3n) is 4.53. The lowest BCUT2D eigenvalue weighted by molar-refractivity contribution is -0.134. The largest absolute Gasteiger partial charge is 0.381 e. The van der Waals surface area contributed by atoms with E-state index in [0.29, 0.717) is 12.1 Å². The molecule has 2 fully saturated rings. The van der Waals surface area contributed by atoms with E-state index in [9.17, 15) is 4.79 Å². The number of likely N-dealkylation sites (tertiary alicyclic amines) is 1. The Bertz CT molecular complexity index is 282. The SMILES string of the molecule is COC1CCC(NC(C)C(=O)N2CCCCC2)CC1. The molecular weight excluding hydrogens is 240 g/mol. The average molecular weight is 268 g/mol. The fourth-order valence-corrected chi connectivity index (χ4v) is 3.28. The van der Waals surface area contributed by atoms with Crippen LogP contribution in [0.5, 0.6) is 0 Å². The highest BCUT2D eigenvalue weighted by atomic mass is 16.5. The van der Waals surface area contributed by atoms with Gasteiger partial charge in [-0.05, 0) is 51.9 Å². The van der Waals surface area contributed by atoms with Crippen LogP contribution in [0.1, 0.15) is 51.9 Å². The van der Waals surface area contributed by atoms with E-state index in [1.165, 1.54) is 6.42 Å². The van der Waals surface area contributed by atoms with Gasteiger partial charge in [-0.1, -0.05) is 0 Å². The highest BCUT2D eigenvalue weighted by molar-refractivity contribution is 5.81. The monoisotopic (exact) mass is 268 g/mol. The van der Waals surface area contributed by atoms with Gasteiger partial charge in [0.15, 0.2) is 0 Å². The van der Waals surface area contributed by atoms with Gasteiger partial charge in [-0.2, -0.15) is 0 Å². The lowest BCUT2D eigenvalue weighted by Crippen LogP contribution is -2.50. The molecule has 0 aromatic rings. The van der Waals surface area contributed by atoms with E-state index in [1.54, 1.807) is 7.11 Å². The summed E-state index contributed by atoms with van der Waals surface area (Å²) in [6.07, 6.45) is 8.48. The van der Waals surface area contributed by atoms with E-state index >= 15 is 0 Å². The quantitative estimate of drug-likeness (QED) is 0.847. The Labute approximate surface area is 116 Å². The molecule has 4 heteroatoms. The summed E-state index contributed by atoms with van der Waals surface area (Å²) in [6, 6.07) is 0.442. The van der Waals surface area contributed by atoms with Gasteiger partial charge < -0.3 is 15.0 Å². The maximum absolute atomic E-state index is 12.3. The lowest BCUT2D eigenvalue weighted by atomic mass is 9.92. The van der Waals surface area contributed by atoms with Gasteiger partial charge in [0.05, 0.1) is 12.1 Å². The Morgan fingerprint density at radius 1 is 1.16 bits per heavy atom. The molecule has 1 aliphatic carbocycles. The molecule has 2 rings (SSSR count). The number of carbonyl (C=O) groups excluding carboxylic acids is 1. The Hall–Kier alpha value is -0.610. The van der Waals surface area contributed by atoms with E-state index in [0.717, 1.165) is 51.6 Å². The Morgan fingerprint density at radius 2 is 1.79 bits per heavy atom. The second-order valence-electron chi connectivity index (χ2n) is 5.98. The molecule has 1 heterocycles. The second kappa shape index (κ2) is 7.25. The number of ether oxygens (including phenoxy) is 1. The number of carbonyl (C=O) groups is 1. The topological polar surface area (TPSA) is 41.6 Å². The number of piperidine rings is 1. The van der Waals surface area contributed by atoms with Crippen LogP contribution in [-0.4, -0.2) is 49.2 Å². The van der Waals surface area contributed by atoms with Crippen LogP contribution in [0.15, 0.2) is 0 Å². The molecular formula is C15H28N2O2. The first-order valence-corrected chi connectivity index (χ1v) is 7.78. The van der Waals surface area contributed by atoms with Gasteiger partial charge in [-0.15, -0.1) is 0 Å². The highest BCUT2D eigenvalue weighted by Gasteiger charge is 2.26. The molecule has 1 aliphatic heterocycles. The van der Waals surface area contributed by atoms with E-state index < -0.39 is 0 Å². The van der Waals surface area contributed by atoms with Crippen molar-refractivity contribution in [3.8, 4) is 0 Å². The molecule has 0 radical (unpaired) electrons. The highest BCUT2D eigenvalue weighted by Crippen LogP contribution is 2.21. The van der Waals surface area contributed by atoms with Crippen LogP contribution < -0.4 is 5.32 Å². The summed E-state index contributed by atoms with van der Waals surface area (Å²) >= 11 is 0. The van der Waals surface area contributed by atoms with Crippen LogP contribution in [-0.2, 0) is 9.53 Å². The zero-order chi connectivity index (χ0) is 13.7. The van der Waals surface area contributed by atoms with Crippen LogP contribution in [0.25, 0.3) is 0 Å². The molecule has 2 aliphatic rings. The van der Waals surface area contributed by atoms with Crippen molar-refractivity contribution in [2.45, 2.75) is 70.1 Å². The summed E-state index contributed by atoms with van der Waals surface area (Å²) in [5.41, 5.74) is 0. The standard InChI is InChI=1S/C15H28N2O2/c1-12(15(18)17-10-4-3-5-11-17)16-13-6-8-14(19-2)9-7-13/h12-14,16H,3-11H2,1-2H3. The molecule has 1 atom stereocenters. The molecule has 1 amide bonds. The van der Waals surface area contributed by atoms with Gasteiger partial charge >= 0.3 is 0 Å². The predicted octanol–water partition coefficient (Wildman–Crippen LogP) is 1.93. The maximum atomic E-state index is 12.3. The fraction of sp³-hybridized carbons (Fsp3) is 0.933. The zero-order valence-corrected chi connectivity index (χ0v) is 12.4. The fourth-order valence-electron chi connectivity index (χ4n) is 3.28. The normalized spacial score (nSPS) is 30.1. The van der Waals surface area contributed by atoms with E-state index in [1.807, 2.05) is 11.8 Å². The maximum Gasteiger partial charge on any atom is 0.239 e. The minimum atomic E-state index is -0.0396. The van der Waals surface area contributed by atoms with Gasteiger partial charge in [0.25, 0.3) is 0 Å². The first-order valence-electron chi connectivity index (χ1n) is 7.78. The van der Waals surface area contributed by atoms with Crippen molar-refractivity contribution in [1.29, 1.82) is 0 Å². The van der Waals surface area contributed by atoms with Crippen LogP contribution >= 0.6 is 0 Å². The third kappa shape index (κ3) is 4.18. The van der Waals surface area contributed by atoms with Gasteiger partial charge in [0.2, 0.25) is 5.91 Å². The van der Waals surface area contributed by atoms with Gasteiger partial charge in [-0.3, -0.25) is 4.79 Å². The third-order valence-corrected chi connectivity index (χ3v) is 4.53. The lowest BCUT2D eigenvalue weighted by Gasteiger charge is -2.33. The molecule has 4 nitrogen and oxygen atoms in total. The van der Waals surface area contributed by atoms with Crippen molar-refractivity contribution in [1.82, 2.24) is 10.2 Å². The van der Waals surface area contributed by atoms with Crippen molar-refractivity contribution >= 4 is 5.91 Å². The summed E-state index contributed by atoms with van der Waals surface area (Å²) in [7, 11) is 1.79. The summed E-state index contributed by atoms with van der Waals surface area (Å²) in [6.45, 7) is 3.90. The minimum absolute atomic E-state index is 0.0396. The van der Waals surface area contributed by atoms with Gasteiger partial charge in [0.1, 0.15) is 0 Å². The Kier molecular flexibility index (Phi) is 5.64. The predicted molar refractivity (Wildman–Crippen MR) is 76.1 cm³/mol. The number of rotatable bonds is 4. The van der Waals surface area contributed by atoms with E-state index in [-0.39, 0.29) is 11.9 Å². The molecule has 110 valence electrons. The Morgan fingerprint density at radius 3 is 2.37 bits per heavy atom. The van der Waals surface area contributed by atoms with Crippen molar-refractivity contribution < 1.29 is 9.53 Å². The number of nitrogens with zero attached hydrogens (tertiary/aromatic N) is 1. The van der Waals surface area contributed by atoms with Crippen LogP contribution in [0.4, 0.5) is 0 Å². The second-order valence-corrected chi connectivity index (χ2v) is 5.98. The molecule has 0 aromatic heterocycles. The zero-order valence-electron chi connectivity index (χ0n) is 12.4. The van der Waals surface area contributed by atoms with Crippen LogP contribution in [0, 0.1) is 0 Å². The van der Waals surface area contributed by atoms with E-state index in [2.05, 4.69) is 5.32 Å². The molecule has 1 N–H and O–H groups in total. The van der Waals surface area contributed by atoms with Crippen molar-refractivity contribution in [3.63, 3.8) is 0 Å².